The predicted octanol–water partition coefficient (Wildman–Crippen LogP) is 1.34. The molecule has 9 nitrogen and oxygen atoms in total. The highest BCUT2D eigenvalue weighted by atomic mass is 16.5. The van der Waals surface area contributed by atoms with Gasteiger partial charge in [-0.15, -0.1) is 0 Å². The molecule has 1 aromatic carbocycles. The van der Waals surface area contributed by atoms with Crippen LogP contribution in [0.5, 0.6) is 11.5 Å². The third-order valence-electron chi connectivity index (χ3n) is 4.11. The van der Waals surface area contributed by atoms with Gasteiger partial charge in [0.05, 0.1) is 27.0 Å². The van der Waals surface area contributed by atoms with E-state index in [2.05, 4.69) is 10.5 Å². The summed E-state index contributed by atoms with van der Waals surface area (Å²) in [5.74, 6) is 0.606. The number of methoxy groups -OCH3 is 3. The van der Waals surface area contributed by atoms with Crippen LogP contribution in [0.15, 0.2) is 34.2 Å². The number of aryl methyl sites for hydroxylation is 1. The first kappa shape index (κ1) is 21.7. The molecular weight excluding hydrogens is 376 g/mol. The van der Waals surface area contributed by atoms with Crippen LogP contribution in [0.3, 0.4) is 0 Å². The number of aromatic nitrogens is 1. The molecule has 0 aliphatic heterocycles. The molecule has 1 N–H and O–H groups in total. The number of amides is 1. The summed E-state index contributed by atoms with van der Waals surface area (Å²) in [5, 5.41) is 13.2. The number of nitrogens with one attached hydrogen (secondary N) is 1. The SMILES string of the molecule is COCc1cc(C)n(CC(=O)N/N=C/c2ccc(OC)c(OC)c2)c(=O)c1C#N. The fourth-order valence-electron chi connectivity index (χ4n) is 2.71. The number of hydrogen-bond acceptors (Lipinski definition) is 7. The van der Waals surface area contributed by atoms with Crippen molar-refractivity contribution in [1.29, 1.82) is 5.26 Å². The van der Waals surface area contributed by atoms with Crippen LogP contribution in [0.25, 0.3) is 0 Å². The third kappa shape index (κ3) is 5.21. The van der Waals surface area contributed by atoms with E-state index in [0.29, 0.717) is 28.3 Å². The number of rotatable bonds is 8. The monoisotopic (exact) mass is 398 g/mol. The molecule has 0 bridgehead atoms. The molecule has 0 aliphatic carbocycles. The fourth-order valence-corrected chi connectivity index (χ4v) is 2.71. The predicted molar refractivity (Wildman–Crippen MR) is 106 cm³/mol. The molecule has 0 aliphatic rings. The number of ether oxygens (including phenoxy) is 3. The van der Waals surface area contributed by atoms with Crippen molar-refractivity contribution in [2.24, 2.45) is 5.10 Å². The van der Waals surface area contributed by atoms with E-state index in [9.17, 15) is 14.9 Å². The highest BCUT2D eigenvalue weighted by Gasteiger charge is 2.14. The first-order valence-corrected chi connectivity index (χ1v) is 8.61. The van der Waals surface area contributed by atoms with Crippen LogP contribution in [0.2, 0.25) is 0 Å². The summed E-state index contributed by atoms with van der Waals surface area (Å²) in [7, 11) is 4.54. The molecule has 0 spiro atoms. The van der Waals surface area contributed by atoms with Crippen LogP contribution in [0.4, 0.5) is 0 Å². The zero-order valence-corrected chi connectivity index (χ0v) is 16.7. The van der Waals surface area contributed by atoms with Crippen molar-refractivity contribution in [3.05, 3.63) is 57.0 Å². The molecule has 2 aromatic rings. The van der Waals surface area contributed by atoms with Crippen molar-refractivity contribution in [3.8, 4) is 17.6 Å². The highest BCUT2D eigenvalue weighted by Crippen LogP contribution is 2.26. The fraction of sp³-hybridized carbons (Fsp3) is 0.300. The quantitative estimate of drug-likeness (QED) is 0.530. The van der Waals surface area contributed by atoms with Gasteiger partial charge in [-0.3, -0.25) is 9.59 Å². The number of pyridine rings is 1. The van der Waals surface area contributed by atoms with Crippen LogP contribution in [0, 0.1) is 18.3 Å². The molecule has 29 heavy (non-hydrogen) atoms. The Morgan fingerprint density at radius 2 is 1.97 bits per heavy atom. The molecule has 0 atom stereocenters. The summed E-state index contributed by atoms with van der Waals surface area (Å²) in [6, 6.07) is 8.71. The minimum Gasteiger partial charge on any atom is -0.493 e. The Bertz CT molecular complexity index is 1020. The van der Waals surface area contributed by atoms with E-state index in [1.54, 1.807) is 31.2 Å². The van der Waals surface area contributed by atoms with Crippen LogP contribution in [0.1, 0.15) is 22.4 Å². The first-order valence-electron chi connectivity index (χ1n) is 8.61. The maximum atomic E-state index is 12.5. The number of nitrogens with zero attached hydrogens (tertiary/aromatic N) is 3. The topological polar surface area (TPSA) is 115 Å². The van der Waals surface area contributed by atoms with Crippen LogP contribution in [-0.4, -0.2) is 38.0 Å². The van der Waals surface area contributed by atoms with Crippen molar-refractivity contribution < 1.29 is 19.0 Å². The molecule has 1 amide bonds. The smallest absolute Gasteiger partial charge is 0.269 e. The lowest BCUT2D eigenvalue weighted by atomic mass is 10.1. The van der Waals surface area contributed by atoms with Crippen molar-refractivity contribution in [2.75, 3.05) is 21.3 Å². The number of hydrogen-bond donors (Lipinski definition) is 1. The number of carbonyl (C=O) groups excluding carboxylic acids is 1. The summed E-state index contributed by atoms with van der Waals surface area (Å²) >= 11 is 0. The minimum absolute atomic E-state index is 0.0425. The molecule has 0 fully saturated rings. The standard InChI is InChI=1S/C20H22N4O5/c1-13-7-15(12-27-2)16(9-21)20(26)24(13)11-19(25)23-22-10-14-5-6-17(28-3)18(8-14)29-4/h5-8,10H,11-12H2,1-4H3,(H,23,25)/b22-10+. The zero-order chi connectivity index (χ0) is 21.4. The maximum absolute atomic E-state index is 12.5. The Morgan fingerprint density at radius 1 is 1.24 bits per heavy atom. The minimum atomic E-state index is -0.543. The average molecular weight is 398 g/mol. The summed E-state index contributed by atoms with van der Waals surface area (Å²) < 4.78 is 16.6. The van der Waals surface area contributed by atoms with Crippen molar-refractivity contribution >= 4 is 12.1 Å². The summed E-state index contributed by atoms with van der Waals surface area (Å²) in [6.45, 7) is 1.55. The highest BCUT2D eigenvalue weighted by molar-refractivity contribution is 5.83. The van der Waals surface area contributed by atoms with Gasteiger partial charge >= 0.3 is 0 Å². The second-order valence-corrected chi connectivity index (χ2v) is 6.03. The van der Waals surface area contributed by atoms with Gasteiger partial charge in [-0.2, -0.15) is 10.4 Å². The number of benzene rings is 1. The maximum Gasteiger partial charge on any atom is 0.269 e. The van der Waals surface area contributed by atoms with Crippen LogP contribution in [-0.2, 0) is 22.7 Å². The molecule has 152 valence electrons. The molecule has 9 heteroatoms. The van der Waals surface area contributed by atoms with Gasteiger partial charge in [0.15, 0.2) is 11.5 Å². The van der Waals surface area contributed by atoms with E-state index in [1.807, 2.05) is 6.07 Å². The van der Waals surface area contributed by atoms with E-state index >= 15 is 0 Å². The molecule has 0 saturated heterocycles. The van der Waals surface area contributed by atoms with Gasteiger partial charge in [0.2, 0.25) is 0 Å². The van der Waals surface area contributed by atoms with Gasteiger partial charge in [0.1, 0.15) is 18.2 Å². The van der Waals surface area contributed by atoms with Gasteiger partial charge in [0.25, 0.3) is 11.5 Å². The van der Waals surface area contributed by atoms with Gasteiger partial charge in [0, 0.05) is 18.4 Å². The molecule has 0 radical (unpaired) electrons. The second-order valence-electron chi connectivity index (χ2n) is 6.03. The van der Waals surface area contributed by atoms with E-state index < -0.39 is 11.5 Å². The number of nitriles is 1. The second kappa shape index (κ2) is 10.1. The van der Waals surface area contributed by atoms with Crippen LogP contribution < -0.4 is 20.5 Å². The van der Waals surface area contributed by atoms with E-state index in [4.69, 9.17) is 14.2 Å². The zero-order valence-electron chi connectivity index (χ0n) is 16.7. The summed E-state index contributed by atoms with van der Waals surface area (Å²) in [5.41, 5.74) is 3.50. The lowest BCUT2D eigenvalue weighted by Gasteiger charge is -2.12. The van der Waals surface area contributed by atoms with Gasteiger partial charge in [-0.25, -0.2) is 5.43 Å². The van der Waals surface area contributed by atoms with Gasteiger partial charge in [-0.1, -0.05) is 0 Å². The molecular formula is C20H22N4O5. The normalized spacial score (nSPS) is 10.6. The largest absolute Gasteiger partial charge is 0.493 e. The van der Waals surface area contributed by atoms with Crippen molar-refractivity contribution in [2.45, 2.75) is 20.1 Å². The Hall–Kier alpha value is -3.64. The third-order valence-corrected chi connectivity index (χ3v) is 4.11. The van der Waals surface area contributed by atoms with E-state index in [-0.39, 0.29) is 18.7 Å². The van der Waals surface area contributed by atoms with Gasteiger partial charge < -0.3 is 18.8 Å². The Kier molecular flexibility index (Phi) is 7.51. The molecule has 1 aromatic heterocycles. The average Bonchev–Trinajstić information content (AvgIpc) is 2.71. The molecule has 0 unspecified atom stereocenters. The van der Waals surface area contributed by atoms with Crippen molar-refractivity contribution in [1.82, 2.24) is 9.99 Å². The summed E-state index contributed by atoms with van der Waals surface area (Å²) in [4.78, 5) is 24.7. The Morgan fingerprint density at radius 3 is 2.59 bits per heavy atom. The number of carbonyl (C=O) groups is 1. The summed E-state index contributed by atoms with van der Waals surface area (Å²) in [6.07, 6.45) is 1.44. The number of hydrazone groups is 1. The molecule has 1 heterocycles. The molecule has 0 saturated carbocycles. The Balaban J connectivity index is 2.13. The Labute approximate surface area is 168 Å². The van der Waals surface area contributed by atoms with E-state index in [1.165, 1.54) is 32.1 Å². The lowest BCUT2D eigenvalue weighted by Crippen LogP contribution is -2.33. The first-order chi connectivity index (χ1) is 13.9. The van der Waals surface area contributed by atoms with Gasteiger partial charge in [-0.05, 0) is 36.8 Å². The van der Waals surface area contributed by atoms with E-state index in [0.717, 1.165) is 0 Å². The molecule has 2 rings (SSSR count). The van der Waals surface area contributed by atoms with Crippen LogP contribution >= 0.6 is 0 Å². The van der Waals surface area contributed by atoms with Crippen molar-refractivity contribution in [3.63, 3.8) is 0 Å². The lowest BCUT2D eigenvalue weighted by molar-refractivity contribution is -0.121.